The number of carbonyl (C=O) groups is 3. The minimum Gasteiger partial charge on any atom is -0.342 e. The minimum atomic E-state index is -0.578. The summed E-state index contributed by atoms with van der Waals surface area (Å²) < 4.78 is 14.6. The van der Waals surface area contributed by atoms with Crippen LogP contribution in [0.25, 0.3) is 0 Å². The molecule has 1 atom stereocenters. The van der Waals surface area contributed by atoms with Crippen molar-refractivity contribution in [2.75, 3.05) is 13.1 Å². The van der Waals surface area contributed by atoms with Crippen LogP contribution < -0.4 is 5.32 Å². The van der Waals surface area contributed by atoms with Gasteiger partial charge in [0.25, 0.3) is 5.91 Å². The number of amides is 2. The van der Waals surface area contributed by atoms with E-state index in [0.29, 0.717) is 13.1 Å². The lowest BCUT2D eigenvalue weighted by Gasteiger charge is -2.40. The van der Waals surface area contributed by atoms with E-state index in [1.807, 2.05) is 18.7 Å². The van der Waals surface area contributed by atoms with Gasteiger partial charge in [0.15, 0.2) is 5.78 Å². The molecular formula is C25H33FN2O3. The molecule has 0 aromatic heterocycles. The van der Waals surface area contributed by atoms with Crippen molar-refractivity contribution < 1.29 is 18.8 Å². The number of hydrogen-bond acceptors (Lipinski definition) is 3. The van der Waals surface area contributed by atoms with Gasteiger partial charge in [0.1, 0.15) is 5.82 Å². The highest BCUT2D eigenvalue weighted by Crippen LogP contribution is 2.36. The smallest absolute Gasteiger partial charge is 0.254 e. The number of ketones is 1. The van der Waals surface area contributed by atoms with Crippen LogP contribution in [-0.4, -0.2) is 41.6 Å². The van der Waals surface area contributed by atoms with Crippen LogP contribution in [0, 0.1) is 23.6 Å². The van der Waals surface area contributed by atoms with Crippen molar-refractivity contribution >= 4 is 17.6 Å². The number of benzene rings is 1. The van der Waals surface area contributed by atoms with Gasteiger partial charge in [-0.1, -0.05) is 39.2 Å². The summed E-state index contributed by atoms with van der Waals surface area (Å²) in [6.45, 7) is 4.94. The fourth-order valence-corrected chi connectivity index (χ4v) is 4.90. The molecule has 1 N–H and O–H groups in total. The molecule has 0 spiro atoms. The highest BCUT2D eigenvalue weighted by Gasteiger charge is 2.40. The lowest BCUT2D eigenvalue weighted by atomic mass is 9.80. The molecule has 168 valence electrons. The molecule has 1 heterocycles. The van der Waals surface area contributed by atoms with Gasteiger partial charge < -0.3 is 10.2 Å². The standard InChI is InChI=1S/C25H33FN2O3/c1-15(2)23(29)22(16-6-4-3-5-7-16)27-24(30)20-12-18(10-11-21(20)26)19-13-28(14-19)25(31)17-8-9-17/h10-12,15-17,19,22H,3-9,13-14H2,1-2H3,(H,27,30). The van der Waals surface area contributed by atoms with E-state index in [1.54, 1.807) is 12.1 Å². The quantitative estimate of drug-likeness (QED) is 0.712. The van der Waals surface area contributed by atoms with Crippen molar-refractivity contribution in [2.24, 2.45) is 17.8 Å². The van der Waals surface area contributed by atoms with Crippen LogP contribution in [-0.2, 0) is 9.59 Å². The zero-order chi connectivity index (χ0) is 22.1. The Morgan fingerprint density at radius 2 is 1.71 bits per heavy atom. The summed E-state index contributed by atoms with van der Waals surface area (Å²) in [5, 5.41) is 2.88. The van der Waals surface area contributed by atoms with Crippen molar-refractivity contribution in [2.45, 2.75) is 70.8 Å². The first-order valence-electron chi connectivity index (χ1n) is 11.8. The van der Waals surface area contributed by atoms with Crippen LogP contribution in [0.2, 0.25) is 0 Å². The molecule has 2 aliphatic carbocycles. The van der Waals surface area contributed by atoms with E-state index in [2.05, 4.69) is 5.32 Å². The lowest BCUT2D eigenvalue weighted by molar-refractivity contribution is -0.137. The zero-order valence-electron chi connectivity index (χ0n) is 18.5. The Kier molecular flexibility index (Phi) is 6.44. The Labute approximate surface area is 183 Å². The average molecular weight is 429 g/mol. The second kappa shape index (κ2) is 9.09. The molecule has 5 nitrogen and oxygen atoms in total. The van der Waals surface area contributed by atoms with Crippen molar-refractivity contribution in [1.82, 2.24) is 10.2 Å². The van der Waals surface area contributed by atoms with E-state index in [1.165, 1.54) is 6.07 Å². The number of hydrogen-bond donors (Lipinski definition) is 1. The first-order valence-corrected chi connectivity index (χ1v) is 11.8. The maximum absolute atomic E-state index is 14.6. The Bertz CT molecular complexity index is 852. The largest absolute Gasteiger partial charge is 0.342 e. The highest BCUT2D eigenvalue weighted by molar-refractivity contribution is 5.98. The fraction of sp³-hybridized carbons (Fsp3) is 0.640. The summed E-state index contributed by atoms with van der Waals surface area (Å²) in [6, 6.07) is 4.07. The second-order valence-corrected chi connectivity index (χ2v) is 9.86. The molecule has 1 saturated heterocycles. The number of nitrogens with zero attached hydrogens (tertiary/aromatic N) is 1. The van der Waals surface area contributed by atoms with Crippen molar-refractivity contribution in [3.63, 3.8) is 0 Å². The van der Waals surface area contributed by atoms with Gasteiger partial charge in [-0.25, -0.2) is 4.39 Å². The van der Waals surface area contributed by atoms with Gasteiger partial charge in [0, 0.05) is 30.8 Å². The molecule has 3 fully saturated rings. The molecule has 1 aromatic rings. The number of rotatable bonds is 7. The first-order chi connectivity index (χ1) is 14.8. The third kappa shape index (κ3) is 4.83. The van der Waals surface area contributed by atoms with Gasteiger partial charge in [0.2, 0.25) is 5.91 Å². The third-order valence-corrected chi connectivity index (χ3v) is 7.11. The molecule has 2 amide bonds. The van der Waals surface area contributed by atoms with E-state index in [0.717, 1.165) is 50.5 Å². The first kappa shape index (κ1) is 22.0. The van der Waals surface area contributed by atoms with E-state index in [-0.39, 0.29) is 40.9 Å². The predicted octanol–water partition coefficient (Wildman–Crippen LogP) is 4.07. The number of nitrogens with one attached hydrogen (secondary N) is 1. The second-order valence-electron chi connectivity index (χ2n) is 9.86. The Balaban J connectivity index is 1.46. The summed E-state index contributed by atoms with van der Waals surface area (Å²) in [5.41, 5.74) is 0.859. The van der Waals surface area contributed by atoms with Gasteiger partial charge in [-0.3, -0.25) is 14.4 Å². The number of carbonyl (C=O) groups excluding carboxylic acids is 3. The Morgan fingerprint density at radius 3 is 2.32 bits per heavy atom. The molecule has 6 heteroatoms. The SMILES string of the molecule is CC(C)C(=O)C(NC(=O)c1cc(C2CN(C(=O)C3CC3)C2)ccc1F)C1CCCCC1. The fourth-order valence-electron chi connectivity index (χ4n) is 4.90. The summed E-state index contributed by atoms with van der Waals surface area (Å²) in [7, 11) is 0. The van der Waals surface area contributed by atoms with Crippen LogP contribution in [0.3, 0.4) is 0 Å². The molecular weight excluding hydrogens is 395 g/mol. The van der Waals surface area contributed by atoms with Gasteiger partial charge >= 0.3 is 0 Å². The molecule has 2 saturated carbocycles. The Hall–Kier alpha value is -2.24. The molecule has 4 rings (SSSR count). The van der Waals surface area contributed by atoms with Gasteiger partial charge in [-0.15, -0.1) is 0 Å². The molecule has 0 bridgehead atoms. The van der Waals surface area contributed by atoms with E-state index >= 15 is 0 Å². The van der Waals surface area contributed by atoms with E-state index in [9.17, 15) is 18.8 Å². The molecule has 1 unspecified atom stereocenters. The number of likely N-dealkylation sites (tertiary alicyclic amines) is 1. The van der Waals surface area contributed by atoms with Crippen LogP contribution in [0.5, 0.6) is 0 Å². The minimum absolute atomic E-state index is 0.0122. The van der Waals surface area contributed by atoms with Gasteiger partial charge in [-0.05, 0) is 49.3 Å². The average Bonchev–Trinajstić information content (AvgIpc) is 3.57. The number of halogens is 1. The lowest BCUT2D eigenvalue weighted by Crippen LogP contribution is -2.49. The van der Waals surface area contributed by atoms with Crippen molar-refractivity contribution in [1.29, 1.82) is 0 Å². The van der Waals surface area contributed by atoms with E-state index < -0.39 is 17.8 Å². The Morgan fingerprint density at radius 1 is 1.03 bits per heavy atom. The summed E-state index contributed by atoms with van der Waals surface area (Å²) >= 11 is 0. The van der Waals surface area contributed by atoms with Crippen molar-refractivity contribution in [3.8, 4) is 0 Å². The van der Waals surface area contributed by atoms with E-state index in [4.69, 9.17) is 0 Å². The highest BCUT2D eigenvalue weighted by atomic mass is 19.1. The summed E-state index contributed by atoms with van der Waals surface area (Å²) in [5.74, 6) is -0.600. The van der Waals surface area contributed by atoms with Crippen LogP contribution in [0.15, 0.2) is 18.2 Å². The van der Waals surface area contributed by atoms with Gasteiger partial charge in [0.05, 0.1) is 11.6 Å². The zero-order valence-corrected chi connectivity index (χ0v) is 18.5. The van der Waals surface area contributed by atoms with Crippen LogP contribution >= 0.6 is 0 Å². The maximum atomic E-state index is 14.6. The number of Topliss-reactive ketones (excluding diaryl/α,β-unsaturated/α-hetero) is 1. The summed E-state index contributed by atoms with van der Waals surface area (Å²) in [6.07, 6.45) is 7.08. The molecule has 0 radical (unpaired) electrons. The normalized spacial score (nSPS) is 21.0. The van der Waals surface area contributed by atoms with Crippen LogP contribution in [0.1, 0.15) is 80.6 Å². The topological polar surface area (TPSA) is 66.5 Å². The maximum Gasteiger partial charge on any atom is 0.254 e. The molecule has 31 heavy (non-hydrogen) atoms. The van der Waals surface area contributed by atoms with Crippen LogP contribution in [0.4, 0.5) is 4.39 Å². The third-order valence-electron chi connectivity index (χ3n) is 7.11. The molecule has 1 aliphatic heterocycles. The predicted molar refractivity (Wildman–Crippen MR) is 116 cm³/mol. The van der Waals surface area contributed by atoms with Crippen molar-refractivity contribution in [3.05, 3.63) is 35.1 Å². The molecule has 1 aromatic carbocycles. The molecule has 3 aliphatic rings. The summed E-state index contributed by atoms with van der Waals surface area (Å²) in [4.78, 5) is 39.9. The monoisotopic (exact) mass is 428 g/mol. The van der Waals surface area contributed by atoms with Gasteiger partial charge in [-0.2, -0.15) is 0 Å².